The first kappa shape index (κ1) is 12.1. The van der Waals surface area contributed by atoms with Crippen molar-refractivity contribution < 1.29 is 9.13 Å². The first-order valence-corrected chi connectivity index (χ1v) is 6.85. The Labute approximate surface area is 117 Å². The number of fused-ring (bicyclic) bond motifs is 1. The molecule has 0 amide bonds. The van der Waals surface area contributed by atoms with Crippen molar-refractivity contribution in [2.45, 2.75) is 6.10 Å². The van der Waals surface area contributed by atoms with Crippen molar-refractivity contribution in [3.8, 4) is 5.75 Å². The minimum atomic E-state index is -0.484. The minimum Gasteiger partial charge on any atom is -0.481 e. The van der Waals surface area contributed by atoms with Crippen LogP contribution in [0.2, 0.25) is 9.36 Å². The second-order valence-corrected chi connectivity index (χ2v) is 6.05. The lowest BCUT2D eigenvalue weighted by atomic mass is 10.2. The summed E-state index contributed by atoms with van der Waals surface area (Å²) >= 11 is 13.1. The van der Waals surface area contributed by atoms with E-state index in [0.717, 1.165) is 4.88 Å². The third kappa shape index (κ3) is 2.16. The number of thiophene rings is 1. The fourth-order valence-electron chi connectivity index (χ4n) is 1.82. The maximum atomic E-state index is 13.4. The van der Waals surface area contributed by atoms with Crippen LogP contribution in [0.5, 0.6) is 5.75 Å². The van der Waals surface area contributed by atoms with Crippen molar-refractivity contribution in [3.63, 3.8) is 0 Å². The van der Waals surface area contributed by atoms with Gasteiger partial charge in [-0.15, -0.1) is 11.3 Å². The van der Waals surface area contributed by atoms with Crippen LogP contribution >= 0.6 is 34.5 Å². The SMILES string of the molecule is Fc1cc2c(cc1Cl)NCC(c1ccc(Cl)s1)O2. The Hall–Kier alpha value is -0.970. The smallest absolute Gasteiger partial charge is 0.150 e. The molecule has 0 fully saturated rings. The zero-order valence-electron chi connectivity index (χ0n) is 9.04. The highest BCUT2D eigenvalue weighted by molar-refractivity contribution is 7.16. The number of rotatable bonds is 1. The number of hydrogen-bond donors (Lipinski definition) is 1. The summed E-state index contributed by atoms with van der Waals surface area (Å²) in [7, 11) is 0. The second-order valence-electron chi connectivity index (χ2n) is 3.89. The molecule has 0 aliphatic carbocycles. The predicted octanol–water partition coefficient (Wildman–Crippen LogP) is 4.74. The Morgan fingerprint density at radius 3 is 2.89 bits per heavy atom. The molecule has 1 aliphatic rings. The molecule has 1 aromatic heterocycles. The summed E-state index contributed by atoms with van der Waals surface area (Å²) in [5.41, 5.74) is 0.709. The average Bonchev–Trinajstić information content (AvgIpc) is 2.77. The normalized spacial score (nSPS) is 17.8. The molecule has 1 unspecified atom stereocenters. The zero-order chi connectivity index (χ0) is 12.7. The predicted molar refractivity (Wildman–Crippen MR) is 72.6 cm³/mol. The van der Waals surface area contributed by atoms with Crippen LogP contribution in [-0.2, 0) is 0 Å². The van der Waals surface area contributed by atoms with E-state index in [1.165, 1.54) is 23.5 Å². The zero-order valence-corrected chi connectivity index (χ0v) is 11.4. The van der Waals surface area contributed by atoms with Crippen molar-refractivity contribution in [2.24, 2.45) is 0 Å². The maximum absolute atomic E-state index is 13.4. The van der Waals surface area contributed by atoms with Gasteiger partial charge in [-0.1, -0.05) is 23.2 Å². The van der Waals surface area contributed by atoms with Gasteiger partial charge in [-0.25, -0.2) is 4.39 Å². The molecule has 1 aromatic carbocycles. The Kier molecular flexibility index (Phi) is 3.09. The van der Waals surface area contributed by atoms with E-state index in [1.807, 2.05) is 12.1 Å². The van der Waals surface area contributed by atoms with Crippen LogP contribution in [0.4, 0.5) is 10.1 Å². The van der Waals surface area contributed by atoms with Crippen LogP contribution in [0.1, 0.15) is 11.0 Å². The van der Waals surface area contributed by atoms with Gasteiger partial charge in [0.05, 0.1) is 21.6 Å². The molecule has 3 rings (SSSR count). The van der Waals surface area contributed by atoms with E-state index in [4.69, 9.17) is 27.9 Å². The van der Waals surface area contributed by atoms with Gasteiger partial charge in [0.25, 0.3) is 0 Å². The van der Waals surface area contributed by atoms with E-state index in [1.54, 1.807) is 0 Å². The van der Waals surface area contributed by atoms with Crippen LogP contribution in [0.3, 0.4) is 0 Å². The summed E-state index contributed by atoms with van der Waals surface area (Å²) in [6.07, 6.45) is -0.157. The Morgan fingerprint density at radius 2 is 2.17 bits per heavy atom. The molecule has 0 spiro atoms. The van der Waals surface area contributed by atoms with Crippen molar-refractivity contribution in [2.75, 3.05) is 11.9 Å². The maximum Gasteiger partial charge on any atom is 0.150 e. The topological polar surface area (TPSA) is 21.3 Å². The number of benzene rings is 1. The minimum absolute atomic E-state index is 0.0856. The highest BCUT2D eigenvalue weighted by atomic mass is 35.5. The lowest BCUT2D eigenvalue weighted by molar-refractivity contribution is 0.213. The Bertz CT molecular complexity index is 602. The van der Waals surface area contributed by atoms with Crippen LogP contribution in [0.15, 0.2) is 24.3 Å². The monoisotopic (exact) mass is 303 g/mol. The molecule has 0 saturated heterocycles. The lowest BCUT2D eigenvalue weighted by Gasteiger charge is -2.26. The third-order valence-electron chi connectivity index (χ3n) is 2.68. The second kappa shape index (κ2) is 4.61. The molecule has 0 bridgehead atoms. The third-order valence-corrected chi connectivity index (χ3v) is 4.29. The molecule has 0 saturated carbocycles. The summed E-state index contributed by atoms with van der Waals surface area (Å²) in [4.78, 5) is 1.01. The van der Waals surface area contributed by atoms with Gasteiger partial charge in [0, 0.05) is 10.9 Å². The molecule has 2 heterocycles. The summed E-state index contributed by atoms with van der Waals surface area (Å²) in [5.74, 6) is -0.0141. The number of anilines is 1. The van der Waals surface area contributed by atoms with Gasteiger partial charge in [-0.3, -0.25) is 0 Å². The molecule has 2 aromatic rings. The molecule has 1 N–H and O–H groups in total. The molecular weight excluding hydrogens is 296 g/mol. The molecule has 2 nitrogen and oxygen atoms in total. The van der Waals surface area contributed by atoms with Crippen LogP contribution in [0, 0.1) is 5.82 Å². The molecule has 1 aliphatic heterocycles. The highest BCUT2D eigenvalue weighted by Gasteiger charge is 2.23. The largest absolute Gasteiger partial charge is 0.481 e. The summed E-state index contributed by atoms with van der Waals surface area (Å²) in [6, 6.07) is 6.56. The standard InChI is InChI=1S/C12H8Cl2FNOS/c13-6-3-8-9(4-7(6)15)17-10(5-16-8)11-1-2-12(14)18-11/h1-4,10,16H,5H2. The number of nitrogens with one attached hydrogen (secondary N) is 1. The number of ether oxygens (including phenoxy) is 1. The van der Waals surface area contributed by atoms with Crippen LogP contribution in [-0.4, -0.2) is 6.54 Å². The summed E-state index contributed by atoms with van der Waals surface area (Å²) in [5, 5.41) is 3.26. The quantitative estimate of drug-likeness (QED) is 0.821. The Balaban J connectivity index is 1.91. The van der Waals surface area contributed by atoms with Gasteiger partial charge in [-0.05, 0) is 18.2 Å². The van der Waals surface area contributed by atoms with Gasteiger partial charge in [0.1, 0.15) is 11.6 Å². The number of halogens is 3. The van der Waals surface area contributed by atoms with Crippen molar-refractivity contribution >= 4 is 40.2 Å². The van der Waals surface area contributed by atoms with Gasteiger partial charge in [-0.2, -0.15) is 0 Å². The average molecular weight is 304 g/mol. The van der Waals surface area contributed by atoms with Gasteiger partial charge < -0.3 is 10.1 Å². The van der Waals surface area contributed by atoms with E-state index in [2.05, 4.69) is 5.32 Å². The summed E-state index contributed by atoms with van der Waals surface area (Å²) in [6.45, 7) is 0.603. The van der Waals surface area contributed by atoms with Crippen LogP contribution in [0.25, 0.3) is 0 Å². The first-order valence-electron chi connectivity index (χ1n) is 5.28. The number of hydrogen-bond acceptors (Lipinski definition) is 3. The fourth-order valence-corrected chi connectivity index (χ4v) is 3.08. The van der Waals surface area contributed by atoms with E-state index in [9.17, 15) is 4.39 Å². The molecule has 6 heteroatoms. The van der Waals surface area contributed by atoms with Crippen molar-refractivity contribution in [1.82, 2.24) is 0 Å². The fraction of sp³-hybridized carbons (Fsp3) is 0.167. The van der Waals surface area contributed by atoms with Crippen molar-refractivity contribution in [1.29, 1.82) is 0 Å². The van der Waals surface area contributed by atoms with Crippen LogP contribution < -0.4 is 10.1 Å². The first-order chi connectivity index (χ1) is 8.63. The van der Waals surface area contributed by atoms with Crippen molar-refractivity contribution in [3.05, 3.63) is 44.3 Å². The van der Waals surface area contributed by atoms with E-state index in [-0.39, 0.29) is 11.1 Å². The summed E-state index contributed by atoms with van der Waals surface area (Å²) < 4.78 is 19.8. The molecular formula is C12H8Cl2FNOS. The molecule has 1 atom stereocenters. The molecule has 0 radical (unpaired) electrons. The lowest BCUT2D eigenvalue weighted by Crippen LogP contribution is -2.22. The van der Waals surface area contributed by atoms with E-state index in [0.29, 0.717) is 22.3 Å². The van der Waals surface area contributed by atoms with Gasteiger partial charge in [0.15, 0.2) is 6.10 Å². The Morgan fingerprint density at radius 1 is 1.33 bits per heavy atom. The van der Waals surface area contributed by atoms with E-state index >= 15 is 0 Å². The van der Waals surface area contributed by atoms with E-state index < -0.39 is 5.82 Å². The molecule has 18 heavy (non-hydrogen) atoms. The van der Waals surface area contributed by atoms with Gasteiger partial charge in [0.2, 0.25) is 0 Å². The highest BCUT2D eigenvalue weighted by Crippen LogP contribution is 2.39. The van der Waals surface area contributed by atoms with Gasteiger partial charge >= 0.3 is 0 Å². The molecule has 94 valence electrons.